The van der Waals surface area contributed by atoms with Gasteiger partial charge in [-0.25, -0.2) is 4.89 Å². The average Bonchev–Trinajstić information content (AvgIpc) is 2.58. The highest BCUT2D eigenvalue weighted by molar-refractivity contribution is 6.24. The molecule has 4 aliphatic carbocycles. The Morgan fingerprint density at radius 1 is 1.10 bits per heavy atom. The predicted octanol–water partition coefficient (Wildman–Crippen LogP) is 5.25. The quantitative estimate of drug-likeness (QED) is 0.481. The first-order valence-electron chi connectivity index (χ1n) is 10.0. The largest absolute Gasteiger partial charge is 0.497 e. The number of hydrogen-bond donors (Lipinski definition) is 0. The SMILES string of the molecule is COc1cc(C)cc(C2(OCC(F)(F)F)OOC23C2CC4CC3CC(Cl)(C4)C2)c1. The summed E-state index contributed by atoms with van der Waals surface area (Å²) in [6, 6.07) is 5.30. The van der Waals surface area contributed by atoms with Crippen molar-refractivity contribution in [2.24, 2.45) is 17.8 Å². The lowest BCUT2D eigenvalue weighted by Gasteiger charge is -2.70. The van der Waals surface area contributed by atoms with Crippen LogP contribution < -0.4 is 4.74 Å². The maximum Gasteiger partial charge on any atom is 0.411 e. The number of rotatable bonds is 4. The van der Waals surface area contributed by atoms with Gasteiger partial charge in [-0.05, 0) is 74.5 Å². The Kier molecular flexibility index (Phi) is 4.29. The summed E-state index contributed by atoms with van der Waals surface area (Å²) in [7, 11) is 1.52. The minimum absolute atomic E-state index is 0.0141. The van der Waals surface area contributed by atoms with Gasteiger partial charge in [-0.15, -0.1) is 11.6 Å². The zero-order chi connectivity index (χ0) is 20.7. The molecule has 4 bridgehead atoms. The van der Waals surface area contributed by atoms with Crippen molar-refractivity contribution in [3.8, 4) is 5.75 Å². The summed E-state index contributed by atoms with van der Waals surface area (Å²) >= 11 is 6.86. The van der Waals surface area contributed by atoms with E-state index in [2.05, 4.69) is 0 Å². The smallest absolute Gasteiger partial charge is 0.411 e. The third-order valence-corrected chi connectivity index (χ3v) is 7.71. The standard InChI is InChI=1S/C21H24ClF3O4/c1-12-3-14(7-17(4-12)26-2)21(27-11-19(23,24)25)20(28-29-21)15-5-13-6-16(20)10-18(22,8-13)9-15/h3-4,7,13,15-16H,5-6,8-11H2,1-2H3. The molecule has 1 aromatic carbocycles. The van der Waals surface area contributed by atoms with Crippen molar-refractivity contribution < 1.29 is 32.4 Å². The molecule has 1 heterocycles. The summed E-state index contributed by atoms with van der Waals surface area (Å²) in [4.78, 5) is 11.1. The first-order chi connectivity index (χ1) is 13.6. The molecular formula is C21H24ClF3O4. The summed E-state index contributed by atoms with van der Waals surface area (Å²) in [5, 5.41) is 0. The van der Waals surface area contributed by atoms with Crippen LogP contribution in [0.1, 0.15) is 43.2 Å². The molecule has 0 N–H and O–H groups in total. The zero-order valence-electron chi connectivity index (χ0n) is 16.4. The lowest BCUT2D eigenvalue weighted by Crippen LogP contribution is -2.78. The van der Waals surface area contributed by atoms with E-state index in [4.69, 9.17) is 30.8 Å². The van der Waals surface area contributed by atoms with Crippen molar-refractivity contribution >= 4 is 11.6 Å². The molecule has 1 saturated heterocycles. The molecule has 0 aromatic heterocycles. The van der Waals surface area contributed by atoms with Crippen LogP contribution in [0, 0.1) is 24.7 Å². The number of benzene rings is 1. The normalized spacial score (nSPS) is 42.9. The monoisotopic (exact) mass is 432 g/mol. The molecule has 8 heteroatoms. The van der Waals surface area contributed by atoms with Crippen LogP contribution in [0.25, 0.3) is 0 Å². The molecule has 5 aliphatic rings. The molecule has 1 aromatic rings. The first kappa shape index (κ1) is 19.9. The van der Waals surface area contributed by atoms with Crippen molar-refractivity contribution in [2.45, 2.75) is 61.5 Å². The molecule has 1 aliphatic heterocycles. The van der Waals surface area contributed by atoms with E-state index in [9.17, 15) is 13.2 Å². The minimum atomic E-state index is -4.49. The molecule has 160 valence electrons. The maximum absolute atomic E-state index is 13.2. The molecule has 0 radical (unpaired) electrons. The fourth-order valence-corrected chi connectivity index (χ4v) is 7.08. The highest BCUT2D eigenvalue weighted by Crippen LogP contribution is 2.71. The van der Waals surface area contributed by atoms with Gasteiger partial charge in [0.05, 0.1) is 7.11 Å². The Morgan fingerprint density at radius 2 is 1.79 bits per heavy atom. The molecule has 6 rings (SSSR count). The van der Waals surface area contributed by atoms with E-state index in [0.717, 1.165) is 24.8 Å². The number of methoxy groups -OCH3 is 1. The van der Waals surface area contributed by atoms with Crippen molar-refractivity contribution in [3.05, 3.63) is 29.3 Å². The molecule has 5 fully saturated rings. The molecule has 4 saturated carbocycles. The van der Waals surface area contributed by atoms with E-state index in [1.807, 2.05) is 13.0 Å². The van der Waals surface area contributed by atoms with Gasteiger partial charge in [-0.3, -0.25) is 0 Å². The second-order valence-corrected chi connectivity index (χ2v) is 10.0. The van der Waals surface area contributed by atoms with E-state index in [1.165, 1.54) is 7.11 Å². The highest BCUT2D eigenvalue weighted by atomic mass is 35.5. The Labute approximate surface area is 172 Å². The van der Waals surface area contributed by atoms with Gasteiger partial charge in [0, 0.05) is 10.4 Å². The number of halogens is 4. The summed E-state index contributed by atoms with van der Waals surface area (Å²) in [5.74, 6) is -0.637. The number of aryl methyl sites for hydroxylation is 1. The fourth-order valence-electron chi connectivity index (χ4n) is 6.49. The summed E-state index contributed by atoms with van der Waals surface area (Å²) < 4.78 is 50.6. The summed E-state index contributed by atoms with van der Waals surface area (Å²) in [6.07, 6.45) is -0.382. The van der Waals surface area contributed by atoms with Gasteiger partial charge < -0.3 is 9.47 Å². The third-order valence-electron chi connectivity index (χ3n) is 7.24. The topological polar surface area (TPSA) is 36.9 Å². The molecule has 4 nitrogen and oxygen atoms in total. The molecular weight excluding hydrogens is 409 g/mol. The van der Waals surface area contributed by atoms with Gasteiger partial charge in [0.25, 0.3) is 5.79 Å². The van der Waals surface area contributed by atoms with Crippen molar-refractivity contribution in [1.29, 1.82) is 0 Å². The molecule has 3 unspecified atom stereocenters. The van der Waals surface area contributed by atoms with Gasteiger partial charge in [0.1, 0.15) is 12.4 Å². The van der Waals surface area contributed by atoms with Crippen LogP contribution in [0.4, 0.5) is 13.2 Å². The first-order valence-corrected chi connectivity index (χ1v) is 10.4. The van der Waals surface area contributed by atoms with Gasteiger partial charge in [0.2, 0.25) is 0 Å². The van der Waals surface area contributed by atoms with Crippen LogP contribution in [0.15, 0.2) is 18.2 Å². The molecule has 3 atom stereocenters. The van der Waals surface area contributed by atoms with Crippen LogP contribution in [-0.4, -0.2) is 30.4 Å². The van der Waals surface area contributed by atoms with Crippen LogP contribution in [0.5, 0.6) is 5.75 Å². The molecule has 29 heavy (non-hydrogen) atoms. The van der Waals surface area contributed by atoms with Crippen LogP contribution in [0.2, 0.25) is 0 Å². The van der Waals surface area contributed by atoms with Crippen molar-refractivity contribution in [3.63, 3.8) is 0 Å². The van der Waals surface area contributed by atoms with Crippen LogP contribution in [0.3, 0.4) is 0 Å². The Balaban J connectivity index is 1.61. The Morgan fingerprint density at radius 3 is 2.31 bits per heavy atom. The summed E-state index contributed by atoms with van der Waals surface area (Å²) in [6.45, 7) is 0.448. The fraction of sp³-hybridized carbons (Fsp3) is 0.714. The van der Waals surface area contributed by atoms with Crippen LogP contribution >= 0.6 is 11.6 Å². The second-order valence-electron chi connectivity index (χ2n) is 9.21. The van der Waals surface area contributed by atoms with Gasteiger partial charge in [-0.1, -0.05) is 6.07 Å². The maximum atomic E-state index is 13.2. The van der Waals surface area contributed by atoms with E-state index in [0.29, 0.717) is 30.1 Å². The number of ether oxygens (including phenoxy) is 2. The molecule has 1 spiro atoms. The number of alkyl halides is 4. The van der Waals surface area contributed by atoms with Gasteiger partial charge in [-0.2, -0.15) is 18.1 Å². The van der Waals surface area contributed by atoms with Gasteiger partial charge >= 0.3 is 6.18 Å². The van der Waals surface area contributed by atoms with E-state index >= 15 is 0 Å². The number of hydrogen-bond acceptors (Lipinski definition) is 4. The van der Waals surface area contributed by atoms with E-state index in [-0.39, 0.29) is 16.7 Å². The lowest BCUT2D eigenvalue weighted by molar-refractivity contribution is -0.650. The van der Waals surface area contributed by atoms with Crippen molar-refractivity contribution in [2.75, 3.05) is 13.7 Å². The highest BCUT2D eigenvalue weighted by Gasteiger charge is 2.78. The second kappa shape index (κ2) is 6.25. The minimum Gasteiger partial charge on any atom is -0.497 e. The molecule has 0 amide bonds. The van der Waals surface area contributed by atoms with Crippen LogP contribution in [-0.2, 0) is 20.3 Å². The van der Waals surface area contributed by atoms with Gasteiger partial charge in [0.15, 0.2) is 5.60 Å². The Bertz CT molecular complexity index is 813. The average molecular weight is 433 g/mol. The van der Waals surface area contributed by atoms with Crippen molar-refractivity contribution in [1.82, 2.24) is 0 Å². The van der Waals surface area contributed by atoms with E-state index in [1.54, 1.807) is 12.1 Å². The Hall–Kier alpha value is -1.02. The van der Waals surface area contributed by atoms with E-state index < -0.39 is 24.2 Å². The zero-order valence-corrected chi connectivity index (χ0v) is 17.1. The third kappa shape index (κ3) is 2.84. The summed E-state index contributed by atoms with van der Waals surface area (Å²) in [5.41, 5.74) is 0.380. The lowest BCUT2D eigenvalue weighted by atomic mass is 9.46. The predicted molar refractivity (Wildman–Crippen MR) is 98.5 cm³/mol.